The first-order chi connectivity index (χ1) is 15.7. The standard InChI is InChI=1S/C26H31N3O3/c1-31-23-13-7-8-14-24(23)32-16-15-28-22-12-6-5-11-21(22)27-26(28)19-17-25(30)29(18-19)20-9-3-2-4-10-20/h5-8,11-14,19-20H,2-4,9-10,15-18H2,1H3. The summed E-state index contributed by atoms with van der Waals surface area (Å²) in [4.78, 5) is 20.0. The fourth-order valence-corrected chi connectivity index (χ4v) is 5.28. The normalized spacial score (nSPS) is 19.6. The molecular weight excluding hydrogens is 402 g/mol. The molecule has 2 fully saturated rings. The van der Waals surface area contributed by atoms with Crippen molar-refractivity contribution in [1.29, 1.82) is 0 Å². The highest BCUT2D eigenvalue weighted by Crippen LogP contribution is 2.34. The molecule has 32 heavy (non-hydrogen) atoms. The van der Waals surface area contributed by atoms with E-state index in [1.807, 2.05) is 42.5 Å². The molecule has 3 aromatic rings. The number of carbonyl (C=O) groups excluding carboxylic acids is 1. The van der Waals surface area contributed by atoms with Gasteiger partial charge >= 0.3 is 0 Å². The Balaban J connectivity index is 1.36. The summed E-state index contributed by atoms with van der Waals surface area (Å²) in [6, 6.07) is 16.3. The second-order valence-corrected chi connectivity index (χ2v) is 8.85. The summed E-state index contributed by atoms with van der Waals surface area (Å²) in [5, 5.41) is 0. The summed E-state index contributed by atoms with van der Waals surface area (Å²) < 4.78 is 13.7. The lowest BCUT2D eigenvalue weighted by Crippen LogP contribution is -2.37. The molecule has 2 aliphatic rings. The molecule has 1 amide bonds. The molecular formula is C26H31N3O3. The van der Waals surface area contributed by atoms with Crippen molar-refractivity contribution in [2.24, 2.45) is 0 Å². The number of hydrogen-bond acceptors (Lipinski definition) is 4. The molecule has 1 saturated heterocycles. The minimum atomic E-state index is 0.128. The van der Waals surface area contributed by atoms with Gasteiger partial charge in [0.15, 0.2) is 11.5 Å². The number of carbonyl (C=O) groups is 1. The number of imidazole rings is 1. The number of nitrogens with zero attached hydrogens (tertiary/aromatic N) is 3. The van der Waals surface area contributed by atoms with Crippen LogP contribution in [0.25, 0.3) is 11.0 Å². The van der Waals surface area contributed by atoms with E-state index in [1.54, 1.807) is 7.11 Å². The van der Waals surface area contributed by atoms with Gasteiger partial charge in [-0.3, -0.25) is 4.79 Å². The van der Waals surface area contributed by atoms with Crippen LogP contribution in [0.1, 0.15) is 50.3 Å². The van der Waals surface area contributed by atoms with E-state index in [1.165, 1.54) is 19.3 Å². The molecule has 1 saturated carbocycles. The van der Waals surface area contributed by atoms with Crippen LogP contribution in [0.2, 0.25) is 0 Å². The summed E-state index contributed by atoms with van der Waals surface area (Å²) in [5.41, 5.74) is 2.07. The number of fused-ring (bicyclic) bond motifs is 1. The first kappa shape index (κ1) is 20.9. The van der Waals surface area contributed by atoms with Gasteiger partial charge in [0.05, 0.1) is 24.7 Å². The topological polar surface area (TPSA) is 56.6 Å². The molecule has 0 N–H and O–H groups in total. The lowest BCUT2D eigenvalue weighted by molar-refractivity contribution is -0.130. The first-order valence-electron chi connectivity index (χ1n) is 11.7. The van der Waals surface area contributed by atoms with Gasteiger partial charge in [-0.2, -0.15) is 0 Å². The van der Waals surface area contributed by atoms with Crippen LogP contribution < -0.4 is 9.47 Å². The summed E-state index contributed by atoms with van der Waals surface area (Å²) in [7, 11) is 1.65. The number of methoxy groups -OCH3 is 1. The van der Waals surface area contributed by atoms with Crippen LogP contribution in [0.15, 0.2) is 48.5 Å². The first-order valence-corrected chi connectivity index (χ1v) is 11.7. The Morgan fingerprint density at radius 2 is 1.75 bits per heavy atom. The zero-order valence-corrected chi connectivity index (χ0v) is 18.7. The van der Waals surface area contributed by atoms with Crippen LogP contribution in [-0.4, -0.2) is 46.7 Å². The Morgan fingerprint density at radius 3 is 2.56 bits per heavy atom. The predicted octanol–water partition coefficient (Wildman–Crippen LogP) is 4.77. The van der Waals surface area contributed by atoms with Gasteiger partial charge in [0.25, 0.3) is 0 Å². The van der Waals surface area contributed by atoms with Gasteiger partial charge in [-0.25, -0.2) is 4.98 Å². The maximum Gasteiger partial charge on any atom is 0.223 e. The van der Waals surface area contributed by atoms with Crippen LogP contribution in [0.5, 0.6) is 11.5 Å². The molecule has 6 heteroatoms. The summed E-state index contributed by atoms with van der Waals surface area (Å²) in [5.74, 6) is 2.88. The maximum atomic E-state index is 12.9. The van der Waals surface area contributed by atoms with Crippen molar-refractivity contribution in [1.82, 2.24) is 14.5 Å². The Hall–Kier alpha value is -3.02. The zero-order valence-electron chi connectivity index (χ0n) is 18.7. The Bertz CT molecular complexity index is 1090. The van der Waals surface area contributed by atoms with Crippen molar-refractivity contribution in [3.05, 3.63) is 54.4 Å². The molecule has 168 valence electrons. The second-order valence-electron chi connectivity index (χ2n) is 8.85. The van der Waals surface area contributed by atoms with Crippen LogP contribution in [0, 0.1) is 0 Å². The highest BCUT2D eigenvalue weighted by atomic mass is 16.5. The second kappa shape index (κ2) is 9.23. The molecule has 5 rings (SSSR count). The fourth-order valence-electron chi connectivity index (χ4n) is 5.28. The van der Waals surface area contributed by atoms with E-state index in [4.69, 9.17) is 14.5 Å². The van der Waals surface area contributed by atoms with E-state index in [0.29, 0.717) is 25.6 Å². The Labute approximate surface area is 189 Å². The number of hydrogen-bond donors (Lipinski definition) is 0. The summed E-state index contributed by atoms with van der Waals surface area (Å²) in [6.45, 7) is 1.95. The lowest BCUT2D eigenvalue weighted by atomic mass is 9.94. The van der Waals surface area contributed by atoms with Crippen LogP contribution in [-0.2, 0) is 11.3 Å². The molecule has 1 atom stereocenters. The van der Waals surface area contributed by atoms with Gasteiger partial charge in [-0.05, 0) is 37.1 Å². The number of rotatable bonds is 7. The van der Waals surface area contributed by atoms with Crippen molar-refractivity contribution in [3.8, 4) is 11.5 Å². The maximum absolute atomic E-state index is 12.9. The molecule has 1 unspecified atom stereocenters. The minimum absolute atomic E-state index is 0.128. The van der Waals surface area contributed by atoms with E-state index < -0.39 is 0 Å². The molecule has 1 aromatic heterocycles. The number of aromatic nitrogens is 2. The van der Waals surface area contributed by atoms with Crippen molar-refractivity contribution in [2.45, 2.75) is 57.0 Å². The van der Waals surface area contributed by atoms with Crippen LogP contribution >= 0.6 is 0 Å². The molecule has 2 heterocycles. The third-order valence-corrected chi connectivity index (χ3v) is 6.86. The van der Waals surface area contributed by atoms with E-state index in [-0.39, 0.29) is 11.8 Å². The van der Waals surface area contributed by atoms with Gasteiger partial charge in [0.2, 0.25) is 5.91 Å². The monoisotopic (exact) mass is 433 g/mol. The lowest BCUT2D eigenvalue weighted by Gasteiger charge is -2.31. The Kier molecular flexibility index (Phi) is 6.02. The fraction of sp³-hybridized carbons (Fsp3) is 0.462. The van der Waals surface area contributed by atoms with Crippen molar-refractivity contribution in [2.75, 3.05) is 20.3 Å². The molecule has 1 aliphatic heterocycles. The highest BCUT2D eigenvalue weighted by molar-refractivity contribution is 5.81. The van der Waals surface area contributed by atoms with E-state index in [9.17, 15) is 4.79 Å². The smallest absolute Gasteiger partial charge is 0.223 e. The third-order valence-electron chi connectivity index (χ3n) is 6.86. The van der Waals surface area contributed by atoms with Crippen molar-refractivity contribution < 1.29 is 14.3 Å². The van der Waals surface area contributed by atoms with Crippen LogP contribution in [0.3, 0.4) is 0 Å². The van der Waals surface area contributed by atoms with Gasteiger partial charge < -0.3 is 18.9 Å². The quantitative estimate of drug-likeness (QED) is 0.538. The van der Waals surface area contributed by atoms with E-state index >= 15 is 0 Å². The number of ether oxygens (including phenoxy) is 2. The minimum Gasteiger partial charge on any atom is -0.493 e. The van der Waals surface area contributed by atoms with E-state index in [2.05, 4.69) is 15.5 Å². The van der Waals surface area contributed by atoms with Gasteiger partial charge in [0, 0.05) is 24.9 Å². The zero-order chi connectivity index (χ0) is 21.9. The number of para-hydroxylation sites is 4. The molecule has 0 radical (unpaired) electrons. The number of amides is 1. The van der Waals surface area contributed by atoms with Crippen molar-refractivity contribution >= 4 is 16.9 Å². The SMILES string of the molecule is COc1ccccc1OCCn1c(C2CC(=O)N(C3CCCCC3)C2)nc2ccccc21. The van der Waals surface area contributed by atoms with Gasteiger partial charge in [0.1, 0.15) is 12.4 Å². The number of benzene rings is 2. The third kappa shape index (κ3) is 4.06. The summed E-state index contributed by atoms with van der Waals surface area (Å²) in [6.07, 6.45) is 6.59. The average Bonchev–Trinajstić information content (AvgIpc) is 3.40. The molecule has 6 nitrogen and oxygen atoms in total. The predicted molar refractivity (Wildman–Crippen MR) is 124 cm³/mol. The van der Waals surface area contributed by atoms with E-state index in [0.717, 1.165) is 47.7 Å². The highest BCUT2D eigenvalue weighted by Gasteiger charge is 2.37. The largest absolute Gasteiger partial charge is 0.493 e. The van der Waals surface area contributed by atoms with Crippen LogP contribution in [0.4, 0.5) is 0 Å². The average molecular weight is 434 g/mol. The molecule has 2 aromatic carbocycles. The molecule has 0 bridgehead atoms. The Morgan fingerprint density at radius 1 is 1.00 bits per heavy atom. The van der Waals surface area contributed by atoms with Crippen molar-refractivity contribution in [3.63, 3.8) is 0 Å². The number of likely N-dealkylation sites (tertiary alicyclic amines) is 1. The van der Waals surface area contributed by atoms with Gasteiger partial charge in [-0.1, -0.05) is 43.5 Å². The molecule has 1 aliphatic carbocycles. The molecule has 0 spiro atoms. The summed E-state index contributed by atoms with van der Waals surface area (Å²) >= 11 is 0. The van der Waals surface area contributed by atoms with Gasteiger partial charge in [-0.15, -0.1) is 0 Å².